The van der Waals surface area contributed by atoms with Crippen LogP contribution in [0.5, 0.6) is 0 Å². The molecule has 0 saturated heterocycles. The van der Waals surface area contributed by atoms with E-state index < -0.39 is 0 Å². The summed E-state index contributed by atoms with van der Waals surface area (Å²) in [4.78, 5) is 13.4. The molecule has 1 aromatic carbocycles. The van der Waals surface area contributed by atoms with Gasteiger partial charge in [-0.05, 0) is 31.9 Å². The number of nitrogens with one attached hydrogen (secondary N) is 1. The Hall–Kier alpha value is -3.09. The van der Waals surface area contributed by atoms with Crippen molar-refractivity contribution >= 4 is 5.78 Å². The van der Waals surface area contributed by atoms with E-state index in [-0.39, 0.29) is 0 Å². The Morgan fingerprint density at radius 1 is 0.960 bits per heavy atom. The third-order valence-corrected chi connectivity index (χ3v) is 4.05. The van der Waals surface area contributed by atoms with Gasteiger partial charge >= 0.3 is 0 Å². The summed E-state index contributed by atoms with van der Waals surface area (Å²) in [5.74, 6) is 2.89. The van der Waals surface area contributed by atoms with Crippen LogP contribution < -0.4 is 0 Å². The number of benzene rings is 1. The van der Waals surface area contributed by atoms with Gasteiger partial charge in [0, 0.05) is 17.8 Å². The minimum atomic E-state index is 0.514. The predicted molar refractivity (Wildman–Crippen MR) is 93.3 cm³/mol. The molecular formula is C18H19N7. The summed E-state index contributed by atoms with van der Waals surface area (Å²) in [7, 11) is 0. The number of hydrogen-bond donors (Lipinski definition) is 1. The highest BCUT2D eigenvalue weighted by atomic mass is 15.3. The average Bonchev–Trinajstić information content (AvgIpc) is 3.21. The summed E-state index contributed by atoms with van der Waals surface area (Å²) in [6, 6.07) is 12.3. The molecule has 0 spiro atoms. The quantitative estimate of drug-likeness (QED) is 0.605. The molecule has 0 aliphatic carbocycles. The summed E-state index contributed by atoms with van der Waals surface area (Å²) in [6.45, 7) is 3.95. The van der Waals surface area contributed by atoms with Crippen molar-refractivity contribution in [3.63, 3.8) is 0 Å². The monoisotopic (exact) mass is 333 g/mol. The Balaban J connectivity index is 1.47. The molecular weight excluding hydrogens is 314 g/mol. The fourth-order valence-corrected chi connectivity index (χ4v) is 2.86. The van der Waals surface area contributed by atoms with Crippen molar-refractivity contribution in [3.8, 4) is 0 Å². The van der Waals surface area contributed by atoms with Gasteiger partial charge in [-0.1, -0.05) is 30.3 Å². The van der Waals surface area contributed by atoms with Gasteiger partial charge in [-0.15, -0.1) is 5.10 Å². The number of aryl methyl sites for hydroxylation is 4. The van der Waals surface area contributed by atoms with Gasteiger partial charge in [0.05, 0.1) is 6.42 Å². The van der Waals surface area contributed by atoms with Gasteiger partial charge in [-0.3, -0.25) is 5.10 Å². The molecule has 25 heavy (non-hydrogen) atoms. The molecule has 7 heteroatoms. The zero-order valence-electron chi connectivity index (χ0n) is 14.3. The zero-order valence-corrected chi connectivity index (χ0v) is 14.3. The lowest BCUT2D eigenvalue weighted by Gasteiger charge is -1.97. The summed E-state index contributed by atoms with van der Waals surface area (Å²) in [5.41, 5.74) is 3.24. The fourth-order valence-electron chi connectivity index (χ4n) is 2.86. The molecule has 1 N–H and O–H groups in total. The van der Waals surface area contributed by atoms with Crippen LogP contribution in [0.2, 0.25) is 0 Å². The van der Waals surface area contributed by atoms with Crippen molar-refractivity contribution in [2.24, 2.45) is 0 Å². The summed E-state index contributed by atoms with van der Waals surface area (Å²) >= 11 is 0. The van der Waals surface area contributed by atoms with Crippen molar-refractivity contribution in [2.45, 2.75) is 33.1 Å². The van der Waals surface area contributed by atoms with Crippen molar-refractivity contribution in [3.05, 3.63) is 70.8 Å². The van der Waals surface area contributed by atoms with E-state index in [9.17, 15) is 0 Å². The highest BCUT2D eigenvalue weighted by molar-refractivity contribution is 5.31. The summed E-state index contributed by atoms with van der Waals surface area (Å²) in [5, 5.41) is 11.8. The molecule has 0 unspecified atom stereocenters. The maximum Gasteiger partial charge on any atom is 0.252 e. The van der Waals surface area contributed by atoms with Crippen LogP contribution in [-0.4, -0.2) is 34.8 Å². The molecule has 0 fully saturated rings. The molecule has 0 amide bonds. The number of fused-ring (bicyclic) bond motifs is 1. The first-order valence-electron chi connectivity index (χ1n) is 8.31. The highest BCUT2D eigenvalue weighted by Gasteiger charge is 2.11. The number of aromatic nitrogens is 7. The Morgan fingerprint density at radius 2 is 1.80 bits per heavy atom. The van der Waals surface area contributed by atoms with Crippen LogP contribution in [-0.2, 0) is 19.3 Å². The van der Waals surface area contributed by atoms with Crippen molar-refractivity contribution < 1.29 is 0 Å². The largest absolute Gasteiger partial charge is 0.263 e. The van der Waals surface area contributed by atoms with Crippen molar-refractivity contribution in [1.29, 1.82) is 0 Å². The average molecular weight is 333 g/mol. The molecule has 0 saturated carbocycles. The van der Waals surface area contributed by atoms with Gasteiger partial charge in [-0.2, -0.15) is 10.1 Å². The van der Waals surface area contributed by atoms with Gasteiger partial charge < -0.3 is 0 Å². The van der Waals surface area contributed by atoms with Crippen LogP contribution in [0.1, 0.15) is 34.4 Å². The van der Waals surface area contributed by atoms with Crippen LogP contribution in [0.4, 0.5) is 0 Å². The second-order valence-electron chi connectivity index (χ2n) is 6.14. The maximum atomic E-state index is 4.55. The first kappa shape index (κ1) is 15.4. The first-order valence-corrected chi connectivity index (χ1v) is 8.31. The fraction of sp³-hybridized carbons (Fsp3) is 0.278. The van der Waals surface area contributed by atoms with Crippen LogP contribution in [0, 0.1) is 13.8 Å². The van der Waals surface area contributed by atoms with Gasteiger partial charge in [0.15, 0.2) is 11.6 Å². The molecule has 126 valence electrons. The predicted octanol–water partition coefficient (Wildman–Crippen LogP) is 2.24. The van der Waals surface area contributed by atoms with Gasteiger partial charge in [-0.25, -0.2) is 14.5 Å². The minimum absolute atomic E-state index is 0.514. The molecule has 7 nitrogen and oxygen atoms in total. The molecule has 0 radical (unpaired) electrons. The minimum Gasteiger partial charge on any atom is -0.263 e. The van der Waals surface area contributed by atoms with Crippen LogP contribution in [0.15, 0.2) is 36.4 Å². The topological polar surface area (TPSA) is 84.6 Å². The lowest BCUT2D eigenvalue weighted by Crippen LogP contribution is -1.98. The van der Waals surface area contributed by atoms with Gasteiger partial charge in [0.2, 0.25) is 0 Å². The molecule has 0 aliphatic heterocycles. The molecule has 0 aliphatic rings. The van der Waals surface area contributed by atoms with E-state index in [1.807, 2.05) is 38.1 Å². The second kappa shape index (κ2) is 6.43. The maximum absolute atomic E-state index is 4.55. The molecule has 3 aromatic heterocycles. The summed E-state index contributed by atoms with van der Waals surface area (Å²) < 4.78 is 1.76. The van der Waals surface area contributed by atoms with E-state index in [0.29, 0.717) is 18.0 Å². The normalized spacial score (nSPS) is 11.3. The van der Waals surface area contributed by atoms with E-state index in [1.165, 1.54) is 5.56 Å². The number of hydrogen-bond acceptors (Lipinski definition) is 5. The lowest BCUT2D eigenvalue weighted by atomic mass is 10.1. The number of aromatic amines is 1. The third kappa shape index (κ3) is 3.40. The standard InChI is InChI=1S/C18H19N7/c1-12-10-13(2)25-18(19-12)21-17(24-25)11-16-20-15(22-23-16)9-8-14-6-4-3-5-7-14/h3-7,10H,8-9,11H2,1-2H3,(H,20,22,23). The number of nitrogens with zero attached hydrogens (tertiary/aromatic N) is 6. The van der Waals surface area contributed by atoms with Crippen LogP contribution in [0.25, 0.3) is 5.78 Å². The SMILES string of the molecule is Cc1cc(C)n2nc(Cc3nc(CCc4ccccc4)n[nH]3)nc2n1. The lowest BCUT2D eigenvalue weighted by molar-refractivity contribution is 0.837. The third-order valence-electron chi connectivity index (χ3n) is 4.05. The van der Waals surface area contributed by atoms with E-state index >= 15 is 0 Å². The van der Waals surface area contributed by atoms with Crippen molar-refractivity contribution in [2.75, 3.05) is 0 Å². The summed E-state index contributed by atoms with van der Waals surface area (Å²) in [6.07, 6.45) is 2.24. The van der Waals surface area contributed by atoms with Crippen LogP contribution >= 0.6 is 0 Å². The van der Waals surface area contributed by atoms with E-state index in [0.717, 1.165) is 35.9 Å². The number of H-pyrrole nitrogens is 1. The van der Waals surface area contributed by atoms with Crippen molar-refractivity contribution in [1.82, 2.24) is 34.8 Å². The molecule has 4 rings (SSSR count). The van der Waals surface area contributed by atoms with Crippen LogP contribution in [0.3, 0.4) is 0 Å². The highest BCUT2D eigenvalue weighted by Crippen LogP contribution is 2.09. The Kier molecular flexibility index (Phi) is 3.97. The first-order chi connectivity index (χ1) is 12.2. The van der Waals surface area contributed by atoms with Gasteiger partial charge in [0.1, 0.15) is 5.82 Å². The molecule has 0 bridgehead atoms. The molecule has 3 heterocycles. The second-order valence-corrected chi connectivity index (χ2v) is 6.14. The van der Waals surface area contributed by atoms with E-state index in [2.05, 4.69) is 42.4 Å². The molecule has 0 atom stereocenters. The Bertz CT molecular complexity index is 1000. The Morgan fingerprint density at radius 3 is 2.64 bits per heavy atom. The smallest absolute Gasteiger partial charge is 0.252 e. The number of rotatable bonds is 5. The van der Waals surface area contributed by atoms with E-state index in [1.54, 1.807) is 4.52 Å². The van der Waals surface area contributed by atoms with Gasteiger partial charge in [0.25, 0.3) is 5.78 Å². The zero-order chi connectivity index (χ0) is 17.2. The molecule has 4 aromatic rings. The van der Waals surface area contributed by atoms with E-state index in [4.69, 9.17) is 0 Å². The Labute approximate surface area is 145 Å².